The molecular formula is C13H18OS. The monoisotopic (exact) mass is 222 g/mol. The number of hydrogen-bond acceptors (Lipinski definition) is 2. The summed E-state index contributed by atoms with van der Waals surface area (Å²) in [6, 6.07) is 10.6. The summed E-state index contributed by atoms with van der Waals surface area (Å²) in [5.41, 5.74) is 1.41. The van der Waals surface area contributed by atoms with E-state index in [9.17, 15) is 0 Å². The van der Waals surface area contributed by atoms with Crippen LogP contribution in [0.15, 0.2) is 30.3 Å². The number of thioether (sulfide) groups is 1. The largest absolute Gasteiger partial charge is 0.374 e. The zero-order valence-electron chi connectivity index (χ0n) is 9.19. The third-order valence-corrected chi connectivity index (χ3v) is 3.88. The van der Waals surface area contributed by atoms with Crippen molar-refractivity contribution in [1.29, 1.82) is 0 Å². The van der Waals surface area contributed by atoms with Gasteiger partial charge in [-0.3, -0.25) is 0 Å². The van der Waals surface area contributed by atoms with Crippen LogP contribution < -0.4 is 0 Å². The average molecular weight is 222 g/mol. The lowest BCUT2D eigenvalue weighted by molar-refractivity contribution is 0.0700. The second-order valence-corrected chi connectivity index (χ2v) is 5.18. The second-order valence-electron chi connectivity index (χ2n) is 4.15. The van der Waals surface area contributed by atoms with Gasteiger partial charge in [0.25, 0.3) is 0 Å². The Kier molecular flexibility index (Phi) is 4.09. The topological polar surface area (TPSA) is 9.23 Å². The number of hydrogen-bond donors (Lipinski definition) is 0. The van der Waals surface area contributed by atoms with Crippen LogP contribution in [0.3, 0.4) is 0 Å². The van der Waals surface area contributed by atoms with Gasteiger partial charge in [-0.25, -0.2) is 0 Å². The molecule has 15 heavy (non-hydrogen) atoms. The van der Waals surface area contributed by atoms with Crippen LogP contribution in [-0.2, 0) is 10.5 Å². The maximum Gasteiger partial charge on any atom is 0.0670 e. The van der Waals surface area contributed by atoms with Gasteiger partial charge in [0.05, 0.1) is 12.2 Å². The van der Waals surface area contributed by atoms with Gasteiger partial charge in [-0.15, -0.1) is 0 Å². The highest BCUT2D eigenvalue weighted by molar-refractivity contribution is 7.98. The molecule has 0 saturated carbocycles. The normalized spacial score (nSPS) is 25.7. The highest BCUT2D eigenvalue weighted by Gasteiger charge is 2.21. The zero-order chi connectivity index (χ0) is 10.5. The fourth-order valence-electron chi connectivity index (χ4n) is 1.89. The van der Waals surface area contributed by atoms with Crippen LogP contribution in [0.4, 0.5) is 0 Å². The van der Waals surface area contributed by atoms with Crippen molar-refractivity contribution in [1.82, 2.24) is 0 Å². The molecule has 2 atom stereocenters. The molecule has 82 valence electrons. The lowest BCUT2D eigenvalue weighted by atomic mass is 10.2. The quantitative estimate of drug-likeness (QED) is 0.771. The van der Waals surface area contributed by atoms with E-state index in [0.29, 0.717) is 12.2 Å². The molecule has 0 aliphatic carbocycles. The van der Waals surface area contributed by atoms with Crippen molar-refractivity contribution in [3.05, 3.63) is 35.9 Å². The molecule has 1 saturated heterocycles. The van der Waals surface area contributed by atoms with E-state index in [2.05, 4.69) is 37.3 Å². The Morgan fingerprint density at radius 3 is 2.73 bits per heavy atom. The molecular weight excluding hydrogens is 204 g/mol. The summed E-state index contributed by atoms with van der Waals surface area (Å²) in [6.45, 7) is 2.17. The van der Waals surface area contributed by atoms with Gasteiger partial charge >= 0.3 is 0 Å². The third kappa shape index (κ3) is 3.54. The van der Waals surface area contributed by atoms with Crippen molar-refractivity contribution >= 4 is 11.8 Å². The lowest BCUT2D eigenvalue weighted by Crippen LogP contribution is -2.10. The first kappa shape index (κ1) is 11.0. The van der Waals surface area contributed by atoms with Crippen molar-refractivity contribution in [2.24, 2.45) is 0 Å². The lowest BCUT2D eigenvalue weighted by Gasteiger charge is -2.10. The zero-order valence-corrected chi connectivity index (χ0v) is 10.0. The SMILES string of the molecule is CC1CCC(CSCc2ccccc2)O1. The first-order chi connectivity index (χ1) is 7.34. The van der Waals surface area contributed by atoms with Crippen LogP contribution in [0.1, 0.15) is 25.3 Å². The Bertz CT molecular complexity index is 286. The molecule has 0 aromatic heterocycles. The van der Waals surface area contributed by atoms with E-state index >= 15 is 0 Å². The Labute approximate surface area is 96.2 Å². The summed E-state index contributed by atoms with van der Waals surface area (Å²) >= 11 is 1.98. The van der Waals surface area contributed by atoms with Crippen molar-refractivity contribution in [2.45, 2.75) is 37.7 Å². The van der Waals surface area contributed by atoms with Gasteiger partial charge < -0.3 is 4.74 Å². The van der Waals surface area contributed by atoms with E-state index in [4.69, 9.17) is 4.74 Å². The fourth-order valence-corrected chi connectivity index (χ4v) is 2.94. The molecule has 0 amide bonds. The molecule has 1 heterocycles. The number of ether oxygens (including phenoxy) is 1. The van der Waals surface area contributed by atoms with Crippen molar-refractivity contribution in [2.75, 3.05) is 5.75 Å². The molecule has 2 unspecified atom stereocenters. The molecule has 1 aromatic rings. The minimum atomic E-state index is 0.479. The van der Waals surface area contributed by atoms with Gasteiger partial charge in [-0.05, 0) is 25.3 Å². The van der Waals surface area contributed by atoms with E-state index < -0.39 is 0 Å². The number of benzene rings is 1. The number of rotatable bonds is 4. The van der Waals surface area contributed by atoms with E-state index in [1.54, 1.807) is 0 Å². The van der Waals surface area contributed by atoms with Crippen LogP contribution in [-0.4, -0.2) is 18.0 Å². The summed E-state index contributed by atoms with van der Waals surface area (Å²) in [7, 11) is 0. The Morgan fingerprint density at radius 2 is 2.07 bits per heavy atom. The van der Waals surface area contributed by atoms with Gasteiger partial charge in [0.15, 0.2) is 0 Å². The maximum absolute atomic E-state index is 5.78. The standard InChI is InChI=1S/C13H18OS/c1-11-7-8-13(14-11)10-15-9-12-5-3-2-4-6-12/h2-6,11,13H,7-10H2,1H3. The third-order valence-electron chi connectivity index (χ3n) is 2.74. The van der Waals surface area contributed by atoms with Gasteiger partial charge in [0, 0.05) is 11.5 Å². The van der Waals surface area contributed by atoms with E-state index in [0.717, 1.165) is 11.5 Å². The van der Waals surface area contributed by atoms with Crippen LogP contribution in [0.2, 0.25) is 0 Å². The van der Waals surface area contributed by atoms with E-state index in [-0.39, 0.29) is 0 Å². The summed E-state index contributed by atoms with van der Waals surface area (Å²) in [5, 5.41) is 0. The summed E-state index contributed by atoms with van der Waals surface area (Å²) in [6.07, 6.45) is 3.44. The predicted molar refractivity (Wildman–Crippen MR) is 66.2 cm³/mol. The van der Waals surface area contributed by atoms with Crippen LogP contribution >= 0.6 is 11.8 Å². The highest BCUT2D eigenvalue weighted by Crippen LogP contribution is 2.23. The van der Waals surface area contributed by atoms with Gasteiger partial charge in [0.1, 0.15) is 0 Å². The summed E-state index contributed by atoms with van der Waals surface area (Å²) in [4.78, 5) is 0. The van der Waals surface area contributed by atoms with Gasteiger partial charge in [-0.1, -0.05) is 30.3 Å². The fraction of sp³-hybridized carbons (Fsp3) is 0.538. The van der Waals surface area contributed by atoms with Crippen LogP contribution in [0.5, 0.6) is 0 Å². The molecule has 1 aromatic carbocycles. The molecule has 2 heteroatoms. The van der Waals surface area contributed by atoms with E-state index in [1.165, 1.54) is 18.4 Å². The molecule has 0 spiro atoms. The minimum absolute atomic E-state index is 0.479. The Balaban J connectivity index is 1.67. The highest BCUT2D eigenvalue weighted by atomic mass is 32.2. The van der Waals surface area contributed by atoms with Crippen molar-refractivity contribution < 1.29 is 4.74 Å². The maximum atomic E-state index is 5.78. The molecule has 1 nitrogen and oxygen atoms in total. The van der Waals surface area contributed by atoms with Crippen molar-refractivity contribution in [3.63, 3.8) is 0 Å². The molecule has 0 N–H and O–H groups in total. The molecule has 1 aliphatic heterocycles. The Hall–Kier alpha value is -0.470. The van der Waals surface area contributed by atoms with Crippen LogP contribution in [0, 0.1) is 0 Å². The molecule has 0 bridgehead atoms. The molecule has 0 radical (unpaired) electrons. The second kappa shape index (κ2) is 5.57. The molecule has 1 aliphatic rings. The van der Waals surface area contributed by atoms with Gasteiger partial charge in [-0.2, -0.15) is 11.8 Å². The minimum Gasteiger partial charge on any atom is -0.374 e. The average Bonchev–Trinajstić information content (AvgIpc) is 2.66. The smallest absolute Gasteiger partial charge is 0.0670 e. The summed E-state index contributed by atoms with van der Waals surface area (Å²) < 4.78 is 5.78. The molecule has 2 rings (SSSR count). The predicted octanol–water partition coefficient (Wildman–Crippen LogP) is 3.49. The van der Waals surface area contributed by atoms with Crippen molar-refractivity contribution in [3.8, 4) is 0 Å². The van der Waals surface area contributed by atoms with Gasteiger partial charge in [0.2, 0.25) is 0 Å². The Morgan fingerprint density at radius 1 is 1.27 bits per heavy atom. The van der Waals surface area contributed by atoms with Crippen LogP contribution in [0.25, 0.3) is 0 Å². The molecule has 1 fully saturated rings. The first-order valence-electron chi connectivity index (χ1n) is 5.62. The summed E-state index contributed by atoms with van der Waals surface area (Å²) in [5.74, 6) is 2.24. The van der Waals surface area contributed by atoms with E-state index in [1.807, 2.05) is 11.8 Å². The first-order valence-corrected chi connectivity index (χ1v) is 6.77.